The van der Waals surface area contributed by atoms with Crippen molar-refractivity contribution in [1.82, 2.24) is 4.90 Å². The summed E-state index contributed by atoms with van der Waals surface area (Å²) < 4.78 is 14.4. The molecule has 2 aromatic rings. The van der Waals surface area contributed by atoms with E-state index in [9.17, 15) is 9.50 Å². The number of rotatable bonds is 7. The van der Waals surface area contributed by atoms with Gasteiger partial charge in [-0.1, -0.05) is 54.4 Å². The molecular formula is C22H26Cl2FNO. The minimum atomic E-state index is -1.25. The summed E-state index contributed by atoms with van der Waals surface area (Å²) in [6.45, 7) is 4.48. The van der Waals surface area contributed by atoms with E-state index in [1.54, 1.807) is 24.3 Å². The summed E-state index contributed by atoms with van der Waals surface area (Å²) in [4.78, 5) is 2.01. The Balaban J connectivity index is 2.47. The average molecular weight is 410 g/mol. The molecule has 2 unspecified atom stereocenters. The van der Waals surface area contributed by atoms with Crippen LogP contribution in [-0.4, -0.2) is 36.2 Å². The molecule has 1 N–H and O–H groups in total. The molecule has 0 spiro atoms. The Hall–Kier alpha value is -1.39. The highest BCUT2D eigenvalue weighted by atomic mass is 35.5. The lowest BCUT2D eigenvalue weighted by Gasteiger charge is -2.37. The van der Waals surface area contributed by atoms with Gasteiger partial charge in [0.1, 0.15) is 5.82 Å². The molecule has 0 heterocycles. The Morgan fingerprint density at radius 2 is 1.81 bits per heavy atom. The Kier molecular flexibility index (Phi) is 7.47. The molecule has 0 radical (unpaired) electrons. The number of hydrogen-bond acceptors (Lipinski definition) is 2. The smallest absolute Gasteiger partial charge is 0.128 e. The van der Waals surface area contributed by atoms with Crippen molar-refractivity contribution >= 4 is 29.3 Å². The monoisotopic (exact) mass is 409 g/mol. The molecule has 0 bridgehead atoms. The summed E-state index contributed by atoms with van der Waals surface area (Å²) in [5, 5.41) is 12.6. The fraction of sp³-hybridized carbons (Fsp3) is 0.364. The van der Waals surface area contributed by atoms with Crippen LogP contribution >= 0.6 is 23.2 Å². The first-order valence-electron chi connectivity index (χ1n) is 8.88. The lowest BCUT2D eigenvalue weighted by atomic mass is 9.77. The van der Waals surface area contributed by atoms with Crippen molar-refractivity contribution < 1.29 is 9.50 Å². The number of aliphatic hydroxyl groups is 1. The van der Waals surface area contributed by atoms with Gasteiger partial charge >= 0.3 is 0 Å². The zero-order chi connectivity index (χ0) is 20.2. The molecule has 2 atom stereocenters. The molecule has 2 aromatic carbocycles. The van der Waals surface area contributed by atoms with Gasteiger partial charge in [0, 0.05) is 34.5 Å². The van der Waals surface area contributed by atoms with Gasteiger partial charge in [-0.2, -0.15) is 0 Å². The van der Waals surface area contributed by atoms with Gasteiger partial charge in [-0.15, -0.1) is 0 Å². The number of nitrogens with zero attached hydrogens (tertiary/aromatic N) is 1. The molecule has 0 saturated heterocycles. The normalized spacial score (nSPS) is 15.7. The topological polar surface area (TPSA) is 23.5 Å². The molecule has 0 saturated carbocycles. The van der Waals surface area contributed by atoms with Crippen LogP contribution in [0.4, 0.5) is 4.39 Å². The van der Waals surface area contributed by atoms with Crippen molar-refractivity contribution in [1.29, 1.82) is 0 Å². The van der Waals surface area contributed by atoms with Crippen LogP contribution in [0.2, 0.25) is 10.0 Å². The van der Waals surface area contributed by atoms with Gasteiger partial charge in [0.15, 0.2) is 0 Å². The highest BCUT2D eigenvalue weighted by Crippen LogP contribution is 2.35. The predicted octanol–water partition coefficient (Wildman–Crippen LogP) is 5.71. The maximum absolute atomic E-state index is 14.4. The first-order valence-corrected chi connectivity index (χ1v) is 9.63. The quantitative estimate of drug-likeness (QED) is 0.632. The lowest BCUT2D eigenvalue weighted by Crippen LogP contribution is -2.44. The van der Waals surface area contributed by atoms with Gasteiger partial charge < -0.3 is 10.0 Å². The third-order valence-corrected chi connectivity index (χ3v) is 5.50. The molecule has 0 amide bonds. The third kappa shape index (κ3) is 5.55. The van der Waals surface area contributed by atoms with E-state index in [-0.39, 0.29) is 12.3 Å². The number of hydrogen-bond donors (Lipinski definition) is 1. The van der Waals surface area contributed by atoms with Gasteiger partial charge in [-0.3, -0.25) is 0 Å². The predicted molar refractivity (Wildman–Crippen MR) is 113 cm³/mol. The Morgan fingerprint density at radius 3 is 2.37 bits per heavy atom. The summed E-state index contributed by atoms with van der Waals surface area (Å²) in [5.41, 5.74) is 0.747. The molecule has 0 fully saturated rings. The summed E-state index contributed by atoms with van der Waals surface area (Å²) in [6.07, 6.45) is 2.01. The fourth-order valence-electron chi connectivity index (χ4n) is 3.31. The van der Waals surface area contributed by atoms with E-state index in [0.717, 1.165) is 11.1 Å². The van der Waals surface area contributed by atoms with Crippen LogP contribution in [0, 0.1) is 11.7 Å². The van der Waals surface area contributed by atoms with Gasteiger partial charge in [0.2, 0.25) is 0 Å². The maximum Gasteiger partial charge on any atom is 0.128 e. The summed E-state index contributed by atoms with van der Waals surface area (Å²) >= 11 is 12.2. The lowest BCUT2D eigenvalue weighted by molar-refractivity contribution is 0.0143. The molecule has 0 aliphatic rings. The molecule has 2 nitrogen and oxygen atoms in total. The van der Waals surface area contributed by atoms with E-state index in [1.807, 2.05) is 51.1 Å². The van der Waals surface area contributed by atoms with Crippen molar-refractivity contribution in [2.75, 3.05) is 20.6 Å². The Bertz CT molecular complexity index is 784. The van der Waals surface area contributed by atoms with Crippen molar-refractivity contribution in [3.8, 4) is 0 Å². The molecule has 146 valence electrons. The summed E-state index contributed by atoms with van der Waals surface area (Å²) in [5.74, 6) is -0.552. The van der Waals surface area contributed by atoms with E-state index >= 15 is 0 Å². The zero-order valence-electron chi connectivity index (χ0n) is 16.1. The van der Waals surface area contributed by atoms with E-state index in [1.165, 1.54) is 6.07 Å². The van der Waals surface area contributed by atoms with Crippen molar-refractivity contribution in [3.05, 3.63) is 75.0 Å². The fourth-order valence-corrected chi connectivity index (χ4v) is 3.66. The zero-order valence-corrected chi connectivity index (χ0v) is 17.7. The molecule has 5 heteroatoms. The number of halogens is 3. The largest absolute Gasteiger partial charge is 0.385 e. The number of benzene rings is 2. The second-order valence-electron chi connectivity index (χ2n) is 7.34. The summed E-state index contributed by atoms with van der Waals surface area (Å²) in [6, 6.07) is 12.0. The van der Waals surface area contributed by atoms with Crippen LogP contribution in [0.15, 0.2) is 48.0 Å². The van der Waals surface area contributed by atoms with Crippen LogP contribution in [-0.2, 0) is 6.42 Å². The minimum Gasteiger partial charge on any atom is -0.385 e. The van der Waals surface area contributed by atoms with E-state index in [2.05, 4.69) is 0 Å². The standard InChI is InChI=1S/C22H26Cl2FNO/c1-15(12-17-8-10-18(23)11-9-17)22(27,16(2)14-26(3)4)13-19-20(24)6-5-7-21(19)25/h5-12,16,27H,13-14H2,1-4H3/b15-12-. The van der Waals surface area contributed by atoms with Gasteiger partial charge in [0.05, 0.1) is 5.60 Å². The van der Waals surface area contributed by atoms with E-state index in [4.69, 9.17) is 23.2 Å². The molecule has 2 rings (SSSR count). The first kappa shape index (κ1) is 21.9. The second-order valence-corrected chi connectivity index (χ2v) is 8.19. The first-order chi connectivity index (χ1) is 12.6. The van der Waals surface area contributed by atoms with Gasteiger partial charge in [-0.25, -0.2) is 4.39 Å². The molecule has 27 heavy (non-hydrogen) atoms. The highest BCUT2D eigenvalue weighted by molar-refractivity contribution is 6.31. The molecule has 0 aliphatic heterocycles. The van der Waals surface area contributed by atoms with E-state index < -0.39 is 11.4 Å². The van der Waals surface area contributed by atoms with Crippen LogP contribution < -0.4 is 0 Å². The Labute approximate surface area is 171 Å². The van der Waals surface area contributed by atoms with Crippen LogP contribution in [0.5, 0.6) is 0 Å². The minimum absolute atomic E-state index is 0.101. The molecule has 0 aliphatic carbocycles. The second kappa shape index (κ2) is 9.20. The van der Waals surface area contributed by atoms with Crippen molar-refractivity contribution in [2.45, 2.75) is 25.9 Å². The highest BCUT2D eigenvalue weighted by Gasteiger charge is 2.37. The van der Waals surface area contributed by atoms with Gasteiger partial charge in [0.25, 0.3) is 0 Å². The van der Waals surface area contributed by atoms with Crippen LogP contribution in [0.3, 0.4) is 0 Å². The average Bonchev–Trinajstić information content (AvgIpc) is 2.59. The summed E-state index contributed by atoms with van der Waals surface area (Å²) in [7, 11) is 3.90. The van der Waals surface area contributed by atoms with Crippen LogP contribution in [0.1, 0.15) is 25.0 Å². The Morgan fingerprint density at radius 1 is 1.19 bits per heavy atom. The molecular weight excluding hydrogens is 384 g/mol. The molecule has 0 aromatic heterocycles. The SMILES string of the molecule is C/C(=C/c1ccc(Cl)cc1)C(O)(Cc1c(F)cccc1Cl)C(C)CN(C)C. The van der Waals surface area contributed by atoms with Crippen LogP contribution in [0.25, 0.3) is 6.08 Å². The maximum atomic E-state index is 14.4. The van der Waals surface area contributed by atoms with Crippen molar-refractivity contribution in [2.24, 2.45) is 5.92 Å². The van der Waals surface area contributed by atoms with E-state index in [0.29, 0.717) is 22.2 Å². The van der Waals surface area contributed by atoms with Gasteiger partial charge in [-0.05, 0) is 56.4 Å². The van der Waals surface area contributed by atoms with Crippen molar-refractivity contribution in [3.63, 3.8) is 0 Å². The third-order valence-electron chi connectivity index (χ3n) is 4.90.